The van der Waals surface area contributed by atoms with Gasteiger partial charge >= 0.3 is 0 Å². The zero-order valence-corrected chi connectivity index (χ0v) is 16.3. The predicted molar refractivity (Wildman–Crippen MR) is 109 cm³/mol. The first-order valence-electron chi connectivity index (χ1n) is 8.94. The van der Waals surface area contributed by atoms with E-state index in [0.29, 0.717) is 22.7 Å². The van der Waals surface area contributed by atoms with Crippen LogP contribution in [0.15, 0.2) is 65.6 Å². The van der Waals surface area contributed by atoms with E-state index in [4.69, 9.17) is 4.74 Å². The monoisotopic (exact) mass is 393 g/mol. The van der Waals surface area contributed by atoms with Crippen molar-refractivity contribution in [2.45, 2.75) is 18.7 Å². The highest BCUT2D eigenvalue weighted by atomic mass is 32.2. The number of benzene rings is 3. The molecule has 0 spiro atoms. The van der Waals surface area contributed by atoms with Crippen LogP contribution in [0.2, 0.25) is 0 Å². The van der Waals surface area contributed by atoms with E-state index in [9.17, 15) is 13.2 Å². The topological polar surface area (TPSA) is 72.5 Å². The number of amides is 1. The Morgan fingerprint density at radius 2 is 1.68 bits per heavy atom. The van der Waals surface area contributed by atoms with Gasteiger partial charge in [-0.3, -0.25) is 4.79 Å². The van der Waals surface area contributed by atoms with Crippen molar-refractivity contribution in [3.63, 3.8) is 0 Å². The van der Waals surface area contributed by atoms with Crippen molar-refractivity contribution in [1.82, 2.24) is 0 Å². The number of nitrogens with one attached hydrogen (secondary N) is 1. The Hall–Kier alpha value is -3.12. The number of rotatable bonds is 3. The molecule has 0 unspecified atom stereocenters. The molecule has 1 amide bonds. The van der Waals surface area contributed by atoms with Gasteiger partial charge in [-0.1, -0.05) is 31.2 Å². The van der Waals surface area contributed by atoms with Crippen molar-refractivity contribution in [2.24, 2.45) is 0 Å². The number of anilines is 1. The van der Waals surface area contributed by atoms with E-state index in [2.05, 4.69) is 5.32 Å². The molecular weight excluding hydrogens is 374 g/mol. The summed E-state index contributed by atoms with van der Waals surface area (Å²) >= 11 is 0. The number of carbonyl (C=O) groups is 1. The third kappa shape index (κ3) is 3.27. The van der Waals surface area contributed by atoms with Crippen LogP contribution in [0.25, 0.3) is 11.1 Å². The smallest absolute Gasteiger partial charge is 0.259 e. The first kappa shape index (κ1) is 18.3. The van der Waals surface area contributed by atoms with Crippen molar-refractivity contribution in [3.8, 4) is 22.6 Å². The molecule has 0 saturated carbocycles. The highest BCUT2D eigenvalue weighted by molar-refractivity contribution is 7.91. The maximum absolute atomic E-state index is 12.7. The van der Waals surface area contributed by atoms with E-state index in [-0.39, 0.29) is 16.6 Å². The molecule has 142 valence electrons. The van der Waals surface area contributed by atoms with Crippen molar-refractivity contribution < 1.29 is 17.9 Å². The van der Waals surface area contributed by atoms with Gasteiger partial charge in [-0.25, -0.2) is 8.42 Å². The lowest BCUT2D eigenvalue weighted by atomic mass is 10.0. The molecule has 5 nitrogen and oxygen atoms in total. The summed E-state index contributed by atoms with van der Waals surface area (Å²) in [5.74, 6) is 0.815. The molecule has 1 aliphatic rings. The largest absolute Gasteiger partial charge is 0.454 e. The summed E-state index contributed by atoms with van der Waals surface area (Å²) in [5, 5.41) is 2.88. The second-order valence-electron chi connectivity index (χ2n) is 6.70. The summed E-state index contributed by atoms with van der Waals surface area (Å²) in [5.41, 5.74) is 3.51. The van der Waals surface area contributed by atoms with Crippen molar-refractivity contribution in [1.29, 1.82) is 0 Å². The van der Waals surface area contributed by atoms with Gasteiger partial charge in [0.15, 0.2) is 15.6 Å². The zero-order valence-electron chi connectivity index (χ0n) is 15.5. The van der Waals surface area contributed by atoms with Gasteiger partial charge in [-0.05, 0) is 60.0 Å². The fourth-order valence-corrected chi connectivity index (χ4v) is 4.08. The summed E-state index contributed by atoms with van der Waals surface area (Å²) in [6.07, 6.45) is 0. The zero-order chi connectivity index (χ0) is 19.9. The molecular formula is C22H19NO4S. The minimum atomic E-state index is -3.31. The van der Waals surface area contributed by atoms with E-state index < -0.39 is 9.84 Å². The van der Waals surface area contributed by atoms with Gasteiger partial charge in [0.25, 0.3) is 5.91 Å². The number of carbonyl (C=O) groups excluding carboxylic acids is 1. The molecule has 28 heavy (non-hydrogen) atoms. The third-order valence-electron chi connectivity index (χ3n) is 4.73. The van der Waals surface area contributed by atoms with E-state index in [1.165, 1.54) is 0 Å². The van der Waals surface area contributed by atoms with Gasteiger partial charge < -0.3 is 10.1 Å². The van der Waals surface area contributed by atoms with Gasteiger partial charge in [-0.15, -0.1) is 0 Å². The number of aryl methyl sites for hydroxylation is 1. The molecule has 1 N–H and O–H groups in total. The molecule has 1 heterocycles. The van der Waals surface area contributed by atoms with E-state index in [1.54, 1.807) is 37.3 Å². The Labute approximate surface area is 163 Å². The minimum absolute atomic E-state index is 0.0363. The minimum Gasteiger partial charge on any atom is -0.454 e. The van der Waals surface area contributed by atoms with Crippen LogP contribution in [-0.2, 0) is 9.84 Å². The first-order chi connectivity index (χ1) is 13.4. The Balaban J connectivity index is 1.77. The Kier molecular flexibility index (Phi) is 4.43. The van der Waals surface area contributed by atoms with Crippen LogP contribution >= 0.6 is 0 Å². The van der Waals surface area contributed by atoms with E-state index in [1.807, 2.05) is 37.3 Å². The molecule has 3 aromatic rings. The van der Waals surface area contributed by atoms with Gasteiger partial charge in [0.2, 0.25) is 0 Å². The molecule has 0 saturated heterocycles. The molecule has 3 aromatic carbocycles. The molecule has 0 fully saturated rings. The second kappa shape index (κ2) is 6.80. The van der Waals surface area contributed by atoms with Gasteiger partial charge in [0.1, 0.15) is 5.75 Å². The highest BCUT2D eigenvalue weighted by Crippen LogP contribution is 2.38. The lowest BCUT2D eigenvalue weighted by Crippen LogP contribution is -2.10. The maximum atomic E-state index is 12.7. The van der Waals surface area contributed by atoms with Gasteiger partial charge in [-0.2, -0.15) is 0 Å². The summed E-state index contributed by atoms with van der Waals surface area (Å²) in [4.78, 5) is 13.0. The number of hydrogen-bond donors (Lipinski definition) is 1. The van der Waals surface area contributed by atoms with E-state index in [0.717, 1.165) is 16.7 Å². The van der Waals surface area contributed by atoms with Crippen LogP contribution in [-0.4, -0.2) is 20.1 Å². The quantitative estimate of drug-likeness (QED) is 0.693. The number of hydrogen-bond acceptors (Lipinski definition) is 4. The number of ether oxygens (including phenoxy) is 1. The fraction of sp³-hybridized carbons (Fsp3) is 0.136. The normalized spacial score (nSPS) is 13.0. The standard InChI is InChI=1S/C22H19NO4S/c1-3-28(25,26)17-6-4-5-15(12-17)16-8-10-20-18(13-16)22(24)23-19-11-14(2)7-9-21(19)27-20/h4-13H,3H2,1-2H3,(H,23,24). The van der Waals surface area contributed by atoms with Crippen LogP contribution in [0.3, 0.4) is 0 Å². The second-order valence-corrected chi connectivity index (χ2v) is 8.98. The molecule has 0 bridgehead atoms. The van der Waals surface area contributed by atoms with Crippen LogP contribution in [0, 0.1) is 6.92 Å². The average Bonchev–Trinajstić information content (AvgIpc) is 2.83. The summed E-state index contributed by atoms with van der Waals surface area (Å²) in [6.45, 7) is 3.56. The molecule has 6 heteroatoms. The van der Waals surface area contributed by atoms with Crippen LogP contribution in [0.4, 0.5) is 5.69 Å². The maximum Gasteiger partial charge on any atom is 0.259 e. The van der Waals surface area contributed by atoms with E-state index >= 15 is 0 Å². The highest BCUT2D eigenvalue weighted by Gasteiger charge is 2.22. The predicted octanol–water partition coefficient (Wildman–Crippen LogP) is 4.81. The number of sulfone groups is 1. The summed E-state index contributed by atoms with van der Waals surface area (Å²) in [6, 6.07) is 17.6. The number of fused-ring (bicyclic) bond motifs is 2. The Morgan fingerprint density at radius 1 is 0.929 bits per heavy atom. The SMILES string of the molecule is CCS(=O)(=O)c1cccc(-c2ccc3c(c2)C(=O)Nc2cc(C)ccc2O3)c1. The molecule has 0 aromatic heterocycles. The molecule has 0 aliphatic carbocycles. The van der Waals surface area contributed by atoms with Gasteiger partial charge in [0, 0.05) is 0 Å². The van der Waals surface area contributed by atoms with Crippen LogP contribution < -0.4 is 10.1 Å². The van der Waals surface area contributed by atoms with Crippen LogP contribution in [0.1, 0.15) is 22.8 Å². The molecule has 1 aliphatic heterocycles. The lowest BCUT2D eigenvalue weighted by molar-refractivity contribution is 0.102. The van der Waals surface area contributed by atoms with Crippen molar-refractivity contribution in [2.75, 3.05) is 11.1 Å². The molecule has 0 radical (unpaired) electrons. The van der Waals surface area contributed by atoms with Crippen molar-refractivity contribution in [3.05, 3.63) is 71.8 Å². The summed E-state index contributed by atoms with van der Waals surface area (Å²) in [7, 11) is -3.31. The Morgan fingerprint density at radius 3 is 2.46 bits per heavy atom. The van der Waals surface area contributed by atoms with Crippen molar-refractivity contribution >= 4 is 21.4 Å². The van der Waals surface area contributed by atoms with Crippen LogP contribution in [0.5, 0.6) is 11.5 Å². The first-order valence-corrected chi connectivity index (χ1v) is 10.6. The lowest BCUT2D eigenvalue weighted by Gasteiger charge is -2.10. The Bertz CT molecular complexity index is 1200. The summed E-state index contributed by atoms with van der Waals surface area (Å²) < 4.78 is 30.3. The average molecular weight is 393 g/mol. The fourth-order valence-electron chi connectivity index (χ4n) is 3.15. The molecule has 0 atom stereocenters. The third-order valence-corrected chi connectivity index (χ3v) is 6.47. The molecule has 4 rings (SSSR count). The van der Waals surface area contributed by atoms with Gasteiger partial charge in [0.05, 0.1) is 21.9 Å².